The Hall–Kier alpha value is -2.78. The first-order chi connectivity index (χ1) is 15.7. The highest BCUT2D eigenvalue weighted by Gasteiger charge is 2.30. The molecule has 4 rings (SSSR count). The highest BCUT2D eigenvalue weighted by molar-refractivity contribution is 6.31. The van der Waals surface area contributed by atoms with Crippen molar-refractivity contribution in [3.8, 4) is 5.75 Å². The predicted octanol–water partition coefficient (Wildman–Crippen LogP) is 3.13. The fourth-order valence-electron chi connectivity index (χ4n) is 4.08. The van der Waals surface area contributed by atoms with Crippen molar-refractivity contribution in [3.63, 3.8) is 0 Å². The molecule has 0 spiro atoms. The van der Waals surface area contributed by atoms with Gasteiger partial charge in [0.25, 0.3) is 5.91 Å². The quantitative estimate of drug-likeness (QED) is 0.688. The fourth-order valence-corrected chi connectivity index (χ4v) is 4.17. The van der Waals surface area contributed by atoms with Gasteiger partial charge >= 0.3 is 0 Å². The minimum Gasteiger partial charge on any atom is -0.491 e. The van der Waals surface area contributed by atoms with Gasteiger partial charge in [0.05, 0.1) is 35.1 Å². The van der Waals surface area contributed by atoms with Crippen molar-refractivity contribution in [2.24, 2.45) is 5.73 Å². The first-order valence-corrected chi connectivity index (χ1v) is 11.2. The lowest BCUT2D eigenvalue weighted by Gasteiger charge is -2.20. The topological polar surface area (TPSA) is 84.6 Å². The highest BCUT2D eigenvalue weighted by atomic mass is 35.5. The van der Waals surface area contributed by atoms with E-state index in [9.17, 15) is 13.6 Å². The van der Waals surface area contributed by atoms with E-state index < -0.39 is 12.0 Å². The molecular weight excluding hydrogens is 452 g/mol. The molecule has 2 aliphatic rings. The van der Waals surface area contributed by atoms with Crippen LogP contribution in [0.5, 0.6) is 5.75 Å². The van der Waals surface area contributed by atoms with Gasteiger partial charge in [-0.25, -0.2) is 18.7 Å². The number of alkyl halides is 1. The zero-order valence-corrected chi connectivity index (χ0v) is 19.3. The number of amides is 1. The Balaban J connectivity index is 1.47. The lowest BCUT2D eigenvalue weighted by Crippen LogP contribution is -2.31. The number of nitrogens with two attached hydrogens (primary N) is 1. The summed E-state index contributed by atoms with van der Waals surface area (Å²) in [5, 5.41) is 0.493. The largest absolute Gasteiger partial charge is 0.491 e. The lowest BCUT2D eigenvalue weighted by atomic mass is 10.1. The van der Waals surface area contributed by atoms with Gasteiger partial charge in [0.15, 0.2) is 5.82 Å². The van der Waals surface area contributed by atoms with Crippen molar-refractivity contribution < 1.29 is 18.3 Å². The first kappa shape index (κ1) is 23.4. The number of aryl methyl sites for hydroxylation is 2. The Kier molecular flexibility index (Phi) is 6.81. The number of benzene rings is 1. The minimum absolute atomic E-state index is 0.150. The van der Waals surface area contributed by atoms with E-state index in [0.29, 0.717) is 59.6 Å². The van der Waals surface area contributed by atoms with Crippen LogP contribution in [0, 0.1) is 19.7 Å². The Morgan fingerprint density at radius 1 is 1.27 bits per heavy atom. The van der Waals surface area contributed by atoms with Crippen LogP contribution in [0.4, 0.5) is 8.78 Å². The molecule has 1 atom stereocenters. The van der Waals surface area contributed by atoms with Gasteiger partial charge in [-0.1, -0.05) is 11.6 Å². The van der Waals surface area contributed by atoms with Crippen molar-refractivity contribution in [2.45, 2.75) is 26.4 Å². The number of halogens is 3. The summed E-state index contributed by atoms with van der Waals surface area (Å²) in [6, 6.07) is 3.82. The van der Waals surface area contributed by atoms with Crippen LogP contribution in [0.3, 0.4) is 0 Å². The maximum atomic E-state index is 13.9. The van der Waals surface area contributed by atoms with E-state index in [1.54, 1.807) is 18.7 Å². The van der Waals surface area contributed by atoms with Crippen LogP contribution in [0.2, 0.25) is 5.02 Å². The number of nitrogens with zero attached hydrogens (tertiary/aromatic N) is 4. The van der Waals surface area contributed by atoms with E-state index >= 15 is 0 Å². The number of rotatable bonds is 6. The summed E-state index contributed by atoms with van der Waals surface area (Å²) in [6.45, 7) is 5.73. The van der Waals surface area contributed by atoms with E-state index in [1.807, 2.05) is 4.90 Å². The minimum atomic E-state index is -0.823. The molecule has 0 bridgehead atoms. The van der Waals surface area contributed by atoms with E-state index in [2.05, 4.69) is 9.97 Å². The fraction of sp³-hybridized carbons (Fsp3) is 0.435. The predicted molar refractivity (Wildman–Crippen MR) is 121 cm³/mol. The summed E-state index contributed by atoms with van der Waals surface area (Å²) in [5.74, 6) is -0.255. The van der Waals surface area contributed by atoms with Crippen LogP contribution in [0.25, 0.3) is 5.57 Å². The second-order valence-corrected chi connectivity index (χ2v) is 8.75. The summed E-state index contributed by atoms with van der Waals surface area (Å²) in [4.78, 5) is 25.6. The van der Waals surface area contributed by atoms with Crippen LogP contribution >= 0.6 is 11.6 Å². The van der Waals surface area contributed by atoms with Crippen molar-refractivity contribution in [1.29, 1.82) is 0 Å². The summed E-state index contributed by atoms with van der Waals surface area (Å²) in [6.07, 6.45) is -0.318. The van der Waals surface area contributed by atoms with Crippen LogP contribution in [-0.2, 0) is 0 Å². The number of likely N-dealkylation sites (tertiary alicyclic amines) is 1. The van der Waals surface area contributed by atoms with Crippen LogP contribution in [0.1, 0.15) is 34.0 Å². The molecular formula is C23H26ClF2N5O2. The molecule has 33 heavy (non-hydrogen) atoms. The average molecular weight is 478 g/mol. The zero-order valence-electron chi connectivity index (χ0n) is 18.6. The molecule has 1 saturated heterocycles. The van der Waals surface area contributed by atoms with E-state index in [1.165, 1.54) is 18.2 Å². The average Bonchev–Trinajstić information content (AvgIpc) is 3.36. The summed E-state index contributed by atoms with van der Waals surface area (Å²) in [5.41, 5.74) is 8.88. The van der Waals surface area contributed by atoms with Gasteiger partial charge in [-0.15, -0.1) is 0 Å². The van der Waals surface area contributed by atoms with E-state index in [-0.39, 0.29) is 36.9 Å². The summed E-state index contributed by atoms with van der Waals surface area (Å²) in [7, 11) is 0. The van der Waals surface area contributed by atoms with Gasteiger partial charge in [0, 0.05) is 37.0 Å². The molecule has 0 radical (unpaired) electrons. The molecule has 10 heteroatoms. The Morgan fingerprint density at radius 2 is 2.00 bits per heavy atom. The lowest BCUT2D eigenvalue weighted by molar-refractivity contribution is 0.0794. The second-order valence-electron chi connectivity index (χ2n) is 8.37. The smallest absolute Gasteiger partial charge is 0.258 e. The third-order valence-corrected chi connectivity index (χ3v) is 6.44. The molecule has 0 saturated carbocycles. The highest BCUT2D eigenvalue weighted by Crippen LogP contribution is 2.28. The van der Waals surface area contributed by atoms with Gasteiger partial charge in [-0.3, -0.25) is 9.69 Å². The van der Waals surface area contributed by atoms with Gasteiger partial charge in [0.1, 0.15) is 24.3 Å². The standard InChI is InChI=1S/C23H26ClF2N5O2/c1-13-21(24)14(2)29-22(28-13)18-11-31(12-19(18)27)23(32)17-4-3-15(25)9-20(17)33-8-7-30-6-5-16(26)10-30/h3-4,9,16H,5-8,10-12,27H2,1-2H3/t16-/m1/s1. The van der Waals surface area contributed by atoms with Crippen LogP contribution < -0.4 is 10.5 Å². The number of carbonyl (C=O) groups is 1. The number of carbonyl (C=O) groups excluding carboxylic acids is 1. The monoisotopic (exact) mass is 477 g/mol. The van der Waals surface area contributed by atoms with Gasteiger partial charge in [0.2, 0.25) is 0 Å². The summed E-state index contributed by atoms with van der Waals surface area (Å²) < 4.78 is 33.0. The third-order valence-electron chi connectivity index (χ3n) is 5.89. The SMILES string of the molecule is Cc1nc(C2=C(N)CN(C(=O)c3ccc(F)cc3OCCN3CC[C@@H](F)C3)C2)nc(C)c1Cl. The normalized spacial score (nSPS) is 18.9. The van der Waals surface area contributed by atoms with Crippen molar-refractivity contribution in [3.05, 3.63) is 57.5 Å². The maximum absolute atomic E-state index is 13.9. The number of hydrogen-bond donors (Lipinski definition) is 1. The van der Waals surface area contributed by atoms with Crippen molar-refractivity contribution in [2.75, 3.05) is 39.3 Å². The first-order valence-electron chi connectivity index (χ1n) is 10.8. The zero-order chi connectivity index (χ0) is 23.7. The van der Waals surface area contributed by atoms with Crippen LogP contribution in [-0.4, -0.2) is 71.2 Å². The molecule has 0 aliphatic carbocycles. The molecule has 3 heterocycles. The molecule has 1 fully saturated rings. The maximum Gasteiger partial charge on any atom is 0.258 e. The Labute approximate surface area is 196 Å². The van der Waals surface area contributed by atoms with Gasteiger partial charge in [-0.05, 0) is 32.4 Å². The molecule has 1 amide bonds. The molecule has 7 nitrogen and oxygen atoms in total. The molecule has 2 aromatic rings. The number of hydrogen-bond acceptors (Lipinski definition) is 6. The molecule has 0 unspecified atom stereocenters. The van der Waals surface area contributed by atoms with E-state index in [0.717, 1.165) is 0 Å². The van der Waals surface area contributed by atoms with Crippen molar-refractivity contribution >= 4 is 23.1 Å². The third kappa shape index (κ3) is 5.09. The Bertz CT molecular complexity index is 1090. The molecule has 1 aromatic carbocycles. The summed E-state index contributed by atoms with van der Waals surface area (Å²) >= 11 is 6.17. The molecule has 1 aromatic heterocycles. The molecule has 2 aliphatic heterocycles. The van der Waals surface area contributed by atoms with E-state index in [4.69, 9.17) is 22.1 Å². The molecule has 2 N–H and O–H groups in total. The molecule has 176 valence electrons. The van der Waals surface area contributed by atoms with Crippen molar-refractivity contribution in [1.82, 2.24) is 19.8 Å². The Morgan fingerprint density at radius 3 is 2.67 bits per heavy atom. The number of ether oxygens (including phenoxy) is 1. The second kappa shape index (κ2) is 9.61. The number of aromatic nitrogens is 2. The van der Waals surface area contributed by atoms with Crippen LogP contribution in [0.15, 0.2) is 23.9 Å². The van der Waals surface area contributed by atoms with Gasteiger partial charge in [-0.2, -0.15) is 0 Å². The van der Waals surface area contributed by atoms with Gasteiger partial charge < -0.3 is 15.4 Å².